The van der Waals surface area contributed by atoms with Crippen LogP contribution in [0.25, 0.3) is 39.4 Å². The fraction of sp³-hybridized carbons (Fsp3) is 0.160. The minimum absolute atomic E-state index is 0.0413. The molecule has 0 saturated heterocycles. The van der Waals surface area contributed by atoms with Crippen LogP contribution in [0.3, 0.4) is 0 Å². The predicted octanol–water partition coefficient (Wildman–Crippen LogP) is 7.53. The van der Waals surface area contributed by atoms with Crippen molar-refractivity contribution >= 4 is 46.2 Å². The summed E-state index contributed by atoms with van der Waals surface area (Å²) in [5, 5.41) is 12.2. The van der Waals surface area contributed by atoms with Gasteiger partial charge >= 0.3 is 5.97 Å². The molecule has 4 nitrogen and oxygen atoms in total. The van der Waals surface area contributed by atoms with Crippen molar-refractivity contribution in [2.45, 2.75) is 26.2 Å². The van der Waals surface area contributed by atoms with Crippen molar-refractivity contribution in [2.24, 2.45) is 0 Å². The molecule has 2 aromatic carbocycles. The van der Waals surface area contributed by atoms with E-state index in [1.54, 1.807) is 0 Å². The number of allylic oxidation sites excluding steroid dienone is 1. The molecule has 156 valence electrons. The Bertz CT molecular complexity index is 1390. The Morgan fingerprint density at radius 1 is 1.13 bits per heavy atom. The Balaban J connectivity index is 1.91. The van der Waals surface area contributed by atoms with Crippen molar-refractivity contribution in [1.82, 2.24) is 9.97 Å². The van der Waals surface area contributed by atoms with Gasteiger partial charge in [-0.15, -0.1) is 0 Å². The molecule has 2 heterocycles. The molecule has 1 aliphatic carbocycles. The Labute approximate surface area is 189 Å². The third-order valence-electron chi connectivity index (χ3n) is 5.89. The van der Waals surface area contributed by atoms with E-state index in [1.807, 2.05) is 42.6 Å². The SMILES string of the molecule is CC(C)c1c(-c2cc(Cl)cc3[nH]ccc23)[nH]c(C(=O)O)c1-c1c(Cl)ccc2c1C=CC2. The number of rotatable bonds is 4. The molecule has 5 rings (SSSR count). The first-order valence-corrected chi connectivity index (χ1v) is 10.9. The highest BCUT2D eigenvalue weighted by atomic mass is 35.5. The van der Waals surface area contributed by atoms with Gasteiger partial charge in [0, 0.05) is 43.8 Å². The van der Waals surface area contributed by atoms with Crippen LogP contribution in [0.2, 0.25) is 10.0 Å². The third kappa shape index (κ3) is 3.10. The van der Waals surface area contributed by atoms with Crippen molar-refractivity contribution in [3.63, 3.8) is 0 Å². The first-order valence-electron chi connectivity index (χ1n) is 10.1. The summed E-state index contributed by atoms with van der Waals surface area (Å²) in [6.07, 6.45) is 6.78. The van der Waals surface area contributed by atoms with Crippen molar-refractivity contribution in [1.29, 1.82) is 0 Å². The number of fused-ring (bicyclic) bond motifs is 2. The number of carbonyl (C=O) groups is 1. The first kappa shape index (κ1) is 20.0. The second-order valence-electron chi connectivity index (χ2n) is 8.12. The minimum Gasteiger partial charge on any atom is -0.477 e. The topological polar surface area (TPSA) is 68.9 Å². The molecule has 0 aliphatic heterocycles. The third-order valence-corrected chi connectivity index (χ3v) is 6.42. The van der Waals surface area contributed by atoms with Crippen molar-refractivity contribution in [2.75, 3.05) is 0 Å². The average Bonchev–Trinajstić information content (AvgIpc) is 3.44. The summed E-state index contributed by atoms with van der Waals surface area (Å²) < 4.78 is 0. The van der Waals surface area contributed by atoms with Crippen LogP contribution >= 0.6 is 23.2 Å². The van der Waals surface area contributed by atoms with Gasteiger partial charge in [-0.2, -0.15) is 0 Å². The van der Waals surface area contributed by atoms with Gasteiger partial charge in [-0.25, -0.2) is 4.79 Å². The van der Waals surface area contributed by atoms with E-state index < -0.39 is 5.97 Å². The maximum absolute atomic E-state index is 12.4. The van der Waals surface area contributed by atoms with Crippen LogP contribution in [0.1, 0.15) is 46.9 Å². The molecular formula is C25H20Cl2N2O2. The van der Waals surface area contributed by atoms with E-state index in [2.05, 4.69) is 29.9 Å². The summed E-state index contributed by atoms with van der Waals surface area (Å²) in [6, 6.07) is 9.58. The fourth-order valence-electron chi connectivity index (χ4n) is 4.63. The molecule has 4 aromatic rings. The highest BCUT2D eigenvalue weighted by Crippen LogP contribution is 2.47. The van der Waals surface area contributed by atoms with E-state index in [9.17, 15) is 9.90 Å². The lowest BCUT2D eigenvalue weighted by Gasteiger charge is -2.16. The van der Waals surface area contributed by atoms with Gasteiger partial charge in [-0.3, -0.25) is 0 Å². The zero-order chi connectivity index (χ0) is 21.9. The standard InChI is InChI=1S/C25H20Cl2N2O2/c1-12(2)20-22(21-15-5-3-4-13(15)6-7-18(21)27)24(25(30)31)29-23(20)17-10-14(26)11-19-16(17)8-9-28-19/h3,5-12,28-29H,4H2,1-2H3,(H,30,31). The number of aromatic carboxylic acids is 1. The summed E-state index contributed by atoms with van der Waals surface area (Å²) in [5.74, 6) is -0.981. The van der Waals surface area contributed by atoms with Gasteiger partial charge in [-0.05, 0) is 53.3 Å². The number of aromatic amines is 2. The van der Waals surface area contributed by atoms with E-state index in [4.69, 9.17) is 23.2 Å². The van der Waals surface area contributed by atoms with Crippen LogP contribution in [-0.4, -0.2) is 21.0 Å². The smallest absolute Gasteiger partial charge is 0.352 e. The van der Waals surface area contributed by atoms with Gasteiger partial charge in [0.15, 0.2) is 0 Å². The Hall–Kier alpha value is -2.95. The minimum atomic E-state index is -1.02. The van der Waals surface area contributed by atoms with Gasteiger partial charge in [0.1, 0.15) is 5.69 Å². The Kier molecular flexibility index (Phi) is 4.72. The maximum atomic E-state index is 12.4. The fourth-order valence-corrected chi connectivity index (χ4v) is 5.10. The van der Waals surface area contributed by atoms with E-state index in [0.29, 0.717) is 15.6 Å². The molecule has 0 spiro atoms. The van der Waals surface area contributed by atoms with E-state index in [0.717, 1.165) is 50.8 Å². The normalized spacial score (nSPS) is 12.8. The monoisotopic (exact) mass is 450 g/mol. The number of H-pyrrole nitrogens is 2. The number of hydrogen-bond donors (Lipinski definition) is 3. The summed E-state index contributed by atoms with van der Waals surface area (Å²) in [7, 11) is 0. The van der Waals surface area contributed by atoms with Crippen molar-refractivity contribution in [3.05, 3.63) is 75.0 Å². The number of aromatic nitrogens is 2. The zero-order valence-corrected chi connectivity index (χ0v) is 18.5. The van der Waals surface area contributed by atoms with Crippen LogP contribution in [-0.2, 0) is 6.42 Å². The van der Waals surface area contributed by atoms with E-state index in [-0.39, 0.29) is 11.6 Å². The molecule has 31 heavy (non-hydrogen) atoms. The van der Waals surface area contributed by atoms with E-state index >= 15 is 0 Å². The van der Waals surface area contributed by atoms with Gasteiger partial charge in [0.05, 0.1) is 5.69 Å². The number of nitrogens with one attached hydrogen (secondary N) is 2. The van der Waals surface area contributed by atoms with Crippen LogP contribution in [0.4, 0.5) is 0 Å². The van der Waals surface area contributed by atoms with Gasteiger partial charge < -0.3 is 15.1 Å². The van der Waals surface area contributed by atoms with Gasteiger partial charge in [0.2, 0.25) is 0 Å². The Morgan fingerprint density at radius 3 is 2.68 bits per heavy atom. The first-order chi connectivity index (χ1) is 14.9. The molecule has 0 atom stereocenters. The molecule has 0 saturated carbocycles. The van der Waals surface area contributed by atoms with Crippen molar-refractivity contribution in [3.8, 4) is 22.4 Å². The summed E-state index contributed by atoms with van der Waals surface area (Å²) in [5.41, 5.74) is 7.11. The van der Waals surface area contributed by atoms with Gasteiger partial charge in [0.25, 0.3) is 0 Å². The summed E-state index contributed by atoms with van der Waals surface area (Å²) in [6.45, 7) is 4.13. The highest BCUT2D eigenvalue weighted by Gasteiger charge is 2.30. The molecule has 0 radical (unpaired) electrons. The van der Waals surface area contributed by atoms with Crippen molar-refractivity contribution < 1.29 is 9.90 Å². The molecule has 1 aliphatic rings. The van der Waals surface area contributed by atoms with Crippen LogP contribution in [0.5, 0.6) is 0 Å². The second kappa shape index (κ2) is 7.33. The van der Waals surface area contributed by atoms with Crippen LogP contribution < -0.4 is 0 Å². The summed E-state index contributed by atoms with van der Waals surface area (Å²) in [4.78, 5) is 18.8. The second-order valence-corrected chi connectivity index (χ2v) is 8.96. The number of halogens is 2. The summed E-state index contributed by atoms with van der Waals surface area (Å²) >= 11 is 13.1. The van der Waals surface area contributed by atoms with Crippen LogP contribution in [0.15, 0.2) is 42.6 Å². The number of benzene rings is 2. The quantitative estimate of drug-likeness (QED) is 0.300. The lowest BCUT2D eigenvalue weighted by atomic mass is 9.87. The molecule has 0 unspecified atom stereocenters. The average molecular weight is 451 g/mol. The molecule has 0 fully saturated rings. The van der Waals surface area contributed by atoms with Crippen LogP contribution in [0, 0.1) is 0 Å². The predicted molar refractivity (Wildman–Crippen MR) is 127 cm³/mol. The zero-order valence-electron chi connectivity index (χ0n) is 17.0. The molecular weight excluding hydrogens is 431 g/mol. The number of hydrogen-bond acceptors (Lipinski definition) is 1. The molecule has 2 aromatic heterocycles. The lowest BCUT2D eigenvalue weighted by molar-refractivity contribution is 0.0692. The number of carboxylic acids is 1. The maximum Gasteiger partial charge on any atom is 0.352 e. The molecule has 0 amide bonds. The molecule has 0 bridgehead atoms. The largest absolute Gasteiger partial charge is 0.477 e. The van der Waals surface area contributed by atoms with E-state index in [1.165, 1.54) is 0 Å². The highest BCUT2D eigenvalue weighted by molar-refractivity contribution is 6.34. The molecule has 3 N–H and O–H groups in total. The molecule has 6 heteroatoms. The lowest BCUT2D eigenvalue weighted by Crippen LogP contribution is -2.02. The number of carboxylic acid groups (broad SMARTS) is 1. The van der Waals surface area contributed by atoms with Gasteiger partial charge in [-0.1, -0.05) is 55.3 Å². The Morgan fingerprint density at radius 2 is 1.94 bits per heavy atom.